The monoisotopic (exact) mass is 260 g/mol. The summed E-state index contributed by atoms with van der Waals surface area (Å²) < 4.78 is 9.88. The third-order valence-electron chi connectivity index (χ3n) is 1.99. The number of carboxylic acid groups (broad SMARTS) is 1. The molecule has 0 aliphatic heterocycles. The van der Waals surface area contributed by atoms with Crippen molar-refractivity contribution < 1.29 is 24.2 Å². The molecule has 1 rings (SSSR count). The zero-order valence-electron chi connectivity index (χ0n) is 10.1. The van der Waals surface area contributed by atoms with Crippen LogP contribution in [-0.2, 0) is 9.53 Å². The molecule has 0 saturated heterocycles. The quantitative estimate of drug-likeness (QED) is 0.493. The van der Waals surface area contributed by atoms with Gasteiger partial charge >= 0.3 is 11.9 Å². The highest BCUT2D eigenvalue weighted by Gasteiger charge is 2.01. The first-order chi connectivity index (χ1) is 9.13. The van der Waals surface area contributed by atoms with E-state index in [1.165, 1.54) is 12.1 Å². The summed E-state index contributed by atoms with van der Waals surface area (Å²) in [5, 5.41) is 8.70. The summed E-state index contributed by atoms with van der Waals surface area (Å²) in [5.41, 5.74) is 0.190. The van der Waals surface area contributed by atoms with E-state index in [9.17, 15) is 9.59 Å². The van der Waals surface area contributed by atoms with Gasteiger partial charge in [-0.05, 0) is 24.3 Å². The van der Waals surface area contributed by atoms with Crippen molar-refractivity contribution in [1.82, 2.24) is 0 Å². The van der Waals surface area contributed by atoms with Crippen molar-refractivity contribution in [2.24, 2.45) is 0 Å². The number of aromatic carboxylic acids is 1. The number of hydrogen-bond donors (Lipinski definition) is 1. The van der Waals surface area contributed by atoms with Crippen LogP contribution in [-0.4, -0.2) is 30.3 Å². The van der Waals surface area contributed by atoms with E-state index in [1.807, 2.05) is 0 Å². The molecule has 5 heteroatoms. The predicted molar refractivity (Wildman–Crippen MR) is 67.8 cm³/mol. The van der Waals surface area contributed by atoms with E-state index >= 15 is 0 Å². The molecule has 19 heavy (non-hydrogen) atoms. The molecule has 1 aromatic carbocycles. The fourth-order valence-corrected chi connectivity index (χ4v) is 1.08. The van der Waals surface area contributed by atoms with Crippen LogP contribution in [0.1, 0.15) is 10.4 Å². The number of carbonyl (C=O) groups is 2. The zero-order chi connectivity index (χ0) is 14.1. The minimum atomic E-state index is -0.990. The van der Waals surface area contributed by atoms with Crippen molar-refractivity contribution in [1.29, 1.82) is 0 Å². The van der Waals surface area contributed by atoms with E-state index in [1.54, 1.807) is 12.1 Å². The van der Waals surface area contributed by atoms with Gasteiger partial charge in [-0.15, -0.1) is 0 Å². The first-order valence-corrected chi connectivity index (χ1v) is 5.34. The van der Waals surface area contributed by atoms with Gasteiger partial charge in [0, 0.05) is 6.08 Å². The second-order valence-corrected chi connectivity index (χ2v) is 3.28. The number of hydrogen-bond acceptors (Lipinski definition) is 4. The van der Waals surface area contributed by atoms with Crippen LogP contribution in [0.3, 0.4) is 0 Å². The highest BCUT2D eigenvalue weighted by atomic mass is 16.5. The van der Waals surface area contributed by atoms with Crippen LogP contribution in [0.25, 0.3) is 0 Å². The molecule has 1 aromatic rings. The Labute approximate surface area is 110 Å². The van der Waals surface area contributed by atoms with Crippen LogP contribution in [0, 0.1) is 11.8 Å². The summed E-state index contributed by atoms with van der Waals surface area (Å²) >= 11 is 0. The van der Waals surface area contributed by atoms with E-state index in [4.69, 9.17) is 9.84 Å². The molecular formula is C14H12O5. The number of carbonyl (C=O) groups excluding carboxylic acids is 1. The lowest BCUT2D eigenvalue weighted by Crippen LogP contribution is -2.00. The van der Waals surface area contributed by atoms with Crippen molar-refractivity contribution in [3.05, 3.63) is 42.5 Å². The first kappa shape index (κ1) is 14.3. The second kappa shape index (κ2) is 7.56. The summed E-state index contributed by atoms with van der Waals surface area (Å²) in [5.74, 6) is 4.24. The van der Waals surface area contributed by atoms with E-state index in [0.29, 0.717) is 5.75 Å². The molecule has 0 atom stereocenters. The third-order valence-corrected chi connectivity index (χ3v) is 1.99. The molecule has 1 N–H and O–H groups in total. The molecule has 0 heterocycles. The first-order valence-electron chi connectivity index (χ1n) is 5.34. The summed E-state index contributed by atoms with van der Waals surface area (Å²) in [6.45, 7) is 3.35. The smallest absolute Gasteiger partial charge is 0.335 e. The number of ether oxygens (including phenoxy) is 2. The molecule has 0 amide bonds. The van der Waals surface area contributed by atoms with Gasteiger partial charge in [0.2, 0.25) is 0 Å². The zero-order valence-corrected chi connectivity index (χ0v) is 10.1. The SMILES string of the molecule is C=CC(=O)OCC#CCOc1ccc(C(=O)O)cc1. The number of rotatable bonds is 5. The van der Waals surface area contributed by atoms with Crippen LogP contribution in [0.5, 0.6) is 5.75 Å². The van der Waals surface area contributed by atoms with Gasteiger partial charge in [-0.2, -0.15) is 0 Å². The minimum Gasteiger partial charge on any atom is -0.481 e. The highest BCUT2D eigenvalue weighted by molar-refractivity contribution is 5.87. The molecular weight excluding hydrogens is 248 g/mol. The molecule has 0 bridgehead atoms. The van der Waals surface area contributed by atoms with Gasteiger partial charge in [0.15, 0.2) is 6.61 Å². The Kier molecular flexibility index (Phi) is 5.70. The molecule has 0 aromatic heterocycles. The van der Waals surface area contributed by atoms with Gasteiger partial charge in [0.25, 0.3) is 0 Å². The Morgan fingerprint density at radius 3 is 2.42 bits per heavy atom. The van der Waals surface area contributed by atoms with Gasteiger partial charge in [-0.25, -0.2) is 9.59 Å². The lowest BCUT2D eigenvalue weighted by molar-refractivity contribution is -0.136. The molecule has 98 valence electrons. The minimum absolute atomic E-state index is 0.0217. The van der Waals surface area contributed by atoms with E-state index < -0.39 is 11.9 Å². The van der Waals surface area contributed by atoms with Gasteiger partial charge in [0.1, 0.15) is 12.4 Å². The molecule has 0 aliphatic rings. The topological polar surface area (TPSA) is 72.8 Å². The van der Waals surface area contributed by atoms with Crippen molar-refractivity contribution in [2.75, 3.05) is 13.2 Å². The average Bonchev–Trinajstić information content (AvgIpc) is 2.42. The predicted octanol–water partition coefficient (Wildman–Crippen LogP) is 1.50. The summed E-state index contributed by atoms with van der Waals surface area (Å²) in [6.07, 6.45) is 1.06. The van der Waals surface area contributed by atoms with Crippen LogP contribution in [0.15, 0.2) is 36.9 Å². The van der Waals surface area contributed by atoms with Gasteiger partial charge in [0.05, 0.1) is 5.56 Å². The Balaban J connectivity index is 2.33. The second-order valence-electron chi connectivity index (χ2n) is 3.28. The fourth-order valence-electron chi connectivity index (χ4n) is 1.08. The number of esters is 1. The average molecular weight is 260 g/mol. The van der Waals surface area contributed by atoms with Gasteiger partial charge in [-0.1, -0.05) is 18.4 Å². The molecule has 5 nitrogen and oxygen atoms in total. The fraction of sp³-hybridized carbons (Fsp3) is 0.143. The van der Waals surface area contributed by atoms with Crippen LogP contribution >= 0.6 is 0 Å². The molecule has 0 spiro atoms. The Hall–Kier alpha value is -2.74. The maximum atomic E-state index is 10.7. The van der Waals surface area contributed by atoms with Crippen LogP contribution in [0.2, 0.25) is 0 Å². The third kappa shape index (κ3) is 5.41. The number of benzene rings is 1. The van der Waals surface area contributed by atoms with Crippen molar-refractivity contribution in [3.8, 4) is 17.6 Å². The van der Waals surface area contributed by atoms with Crippen molar-refractivity contribution in [2.45, 2.75) is 0 Å². The van der Waals surface area contributed by atoms with Gasteiger partial charge < -0.3 is 14.6 Å². The molecule has 0 aliphatic carbocycles. The lowest BCUT2D eigenvalue weighted by atomic mass is 10.2. The highest BCUT2D eigenvalue weighted by Crippen LogP contribution is 2.11. The normalized spacial score (nSPS) is 8.84. The lowest BCUT2D eigenvalue weighted by Gasteiger charge is -2.01. The van der Waals surface area contributed by atoms with Gasteiger partial charge in [-0.3, -0.25) is 0 Å². The Morgan fingerprint density at radius 2 is 1.84 bits per heavy atom. The maximum Gasteiger partial charge on any atom is 0.335 e. The van der Waals surface area contributed by atoms with Crippen LogP contribution in [0.4, 0.5) is 0 Å². The van der Waals surface area contributed by atoms with E-state index in [2.05, 4.69) is 23.2 Å². The Morgan fingerprint density at radius 1 is 1.21 bits per heavy atom. The summed E-state index contributed by atoms with van der Waals surface area (Å²) in [7, 11) is 0. The maximum absolute atomic E-state index is 10.7. The van der Waals surface area contributed by atoms with E-state index in [0.717, 1.165) is 6.08 Å². The van der Waals surface area contributed by atoms with Crippen molar-refractivity contribution in [3.63, 3.8) is 0 Å². The molecule has 0 saturated carbocycles. The van der Waals surface area contributed by atoms with Crippen LogP contribution < -0.4 is 4.74 Å². The van der Waals surface area contributed by atoms with Crippen molar-refractivity contribution >= 4 is 11.9 Å². The standard InChI is InChI=1S/C14H12O5/c1-2-13(15)19-10-4-3-9-18-12-7-5-11(6-8-12)14(16)17/h2,5-8H,1,9-10H2,(H,16,17). The Bertz CT molecular complexity index is 519. The summed E-state index contributed by atoms with van der Waals surface area (Å²) in [6, 6.07) is 5.97. The number of carboxylic acids is 1. The molecule has 0 radical (unpaired) electrons. The summed E-state index contributed by atoms with van der Waals surface area (Å²) in [4.78, 5) is 21.3. The molecule has 0 fully saturated rings. The molecule has 0 unspecified atom stereocenters. The largest absolute Gasteiger partial charge is 0.481 e. The van der Waals surface area contributed by atoms with E-state index in [-0.39, 0.29) is 18.8 Å².